The molecule has 0 saturated carbocycles. The van der Waals surface area contributed by atoms with Crippen LogP contribution in [-0.4, -0.2) is 9.55 Å². The summed E-state index contributed by atoms with van der Waals surface area (Å²) in [4.78, 5) is 17.0. The molecule has 0 saturated heterocycles. The maximum absolute atomic E-state index is 12.8. The van der Waals surface area contributed by atoms with Gasteiger partial charge in [-0.3, -0.25) is 9.78 Å². The van der Waals surface area contributed by atoms with E-state index in [-0.39, 0.29) is 11.6 Å². The van der Waals surface area contributed by atoms with Gasteiger partial charge in [-0.05, 0) is 31.0 Å². The summed E-state index contributed by atoms with van der Waals surface area (Å²) >= 11 is 0. The van der Waals surface area contributed by atoms with Crippen molar-refractivity contribution in [3.63, 3.8) is 0 Å². The predicted octanol–water partition coefficient (Wildman–Crippen LogP) is 4.27. The largest absolute Gasteiger partial charge is 0.312 e. The summed E-state index contributed by atoms with van der Waals surface area (Å²) in [5, 5.41) is 1.56. The maximum atomic E-state index is 12.8. The molecule has 0 aromatic carbocycles. The van der Waals surface area contributed by atoms with Gasteiger partial charge in [-0.2, -0.15) is 0 Å². The summed E-state index contributed by atoms with van der Waals surface area (Å²) in [5.41, 5.74) is 0.0634. The number of nitrogens with zero attached hydrogens (tertiary/aromatic N) is 2. The highest BCUT2D eigenvalue weighted by atomic mass is 16.1. The standard InChI is InChI=1S/C18H22N2O/c1-3-9-16(4-2)20-13-11-15-14-19-12-8-6-5-7-10-17(15)18(20)21/h5-8,10-14,16H,3-4,9H2,1-2H3. The second-order valence-electron chi connectivity index (χ2n) is 5.11. The molecule has 2 rings (SSSR count). The van der Waals surface area contributed by atoms with Gasteiger partial charge in [-0.25, -0.2) is 0 Å². The van der Waals surface area contributed by atoms with Gasteiger partial charge in [-0.1, -0.05) is 38.5 Å². The van der Waals surface area contributed by atoms with Crippen LogP contribution in [0.2, 0.25) is 0 Å². The molecular weight excluding hydrogens is 260 g/mol. The summed E-state index contributed by atoms with van der Waals surface area (Å²) in [6.07, 6.45) is 8.42. The molecule has 2 aromatic rings. The maximum Gasteiger partial charge on any atom is 0.258 e. The van der Waals surface area contributed by atoms with E-state index in [2.05, 4.69) is 18.8 Å². The van der Waals surface area contributed by atoms with Crippen molar-refractivity contribution >= 4 is 10.8 Å². The van der Waals surface area contributed by atoms with Gasteiger partial charge in [0.1, 0.15) is 0 Å². The molecule has 0 aliphatic rings. The molecule has 1 atom stereocenters. The molecule has 1 unspecified atom stereocenters. The van der Waals surface area contributed by atoms with Crippen molar-refractivity contribution < 1.29 is 0 Å². The van der Waals surface area contributed by atoms with Crippen LogP contribution in [0.25, 0.3) is 10.8 Å². The first-order chi connectivity index (χ1) is 10.3. The van der Waals surface area contributed by atoms with E-state index in [0.29, 0.717) is 5.39 Å². The quantitative estimate of drug-likeness (QED) is 0.839. The number of pyridine rings is 1. The third-order valence-corrected chi connectivity index (χ3v) is 3.66. The molecule has 21 heavy (non-hydrogen) atoms. The van der Waals surface area contributed by atoms with Crippen molar-refractivity contribution in [3.8, 4) is 0 Å². The number of hydrogen-bond donors (Lipinski definition) is 0. The Morgan fingerprint density at radius 3 is 2.71 bits per heavy atom. The zero-order chi connectivity index (χ0) is 15.1. The Morgan fingerprint density at radius 2 is 1.95 bits per heavy atom. The van der Waals surface area contributed by atoms with Crippen LogP contribution in [0.3, 0.4) is 0 Å². The van der Waals surface area contributed by atoms with E-state index in [1.807, 2.05) is 47.2 Å². The van der Waals surface area contributed by atoms with Gasteiger partial charge >= 0.3 is 0 Å². The second-order valence-corrected chi connectivity index (χ2v) is 5.11. The van der Waals surface area contributed by atoms with Gasteiger partial charge in [0.25, 0.3) is 5.56 Å². The molecule has 0 N–H and O–H groups in total. The van der Waals surface area contributed by atoms with Crippen LogP contribution in [0.5, 0.6) is 0 Å². The lowest BCUT2D eigenvalue weighted by Gasteiger charge is -2.17. The lowest BCUT2D eigenvalue weighted by atomic mass is 10.1. The van der Waals surface area contributed by atoms with Gasteiger partial charge in [-0.15, -0.1) is 0 Å². The van der Waals surface area contributed by atoms with Crippen molar-refractivity contribution in [1.82, 2.24) is 9.55 Å². The van der Waals surface area contributed by atoms with Crippen LogP contribution in [0, 0.1) is 0 Å². The SMILES string of the molecule is CCCC(CC)n1ccc2cnccccccc2c1=O. The molecule has 110 valence electrons. The van der Waals surface area contributed by atoms with E-state index >= 15 is 0 Å². The minimum absolute atomic E-state index is 0.0634. The molecule has 0 bridgehead atoms. The minimum Gasteiger partial charge on any atom is -0.312 e. The van der Waals surface area contributed by atoms with Gasteiger partial charge in [0, 0.05) is 35.4 Å². The van der Waals surface area contributed by atoms with Gasteiger partial charge in [0.2, 0.25) is 0 Å². The highest BCUT2D eigenvalue weighted by Crippen LogP contribution is 2.17. The van der Waals surface area contributed by atoms with Crippen molar-refractivity contribution in [2.45, 2.75) is 39.2 Å². The van der Waals surface area contributed by atoms with Crippen LogP contribution in [-0.2, 0) is 0 Å². The minimum atomic E-state index is 0.0634. The Hall–Kier alpha value is -2.16. The fourth-order valence-electron chi connectivity index (χ4n) is 2.52. The van der Waals surface area contributed by atoms with Crippen LogP contribution >= 0.6 is 0 Å². The van der Waals surface area contributed by atoms with E-state index in [4.69, 9.17) is 0 Å². The Kier molecular flexibility index (Phi) is 5.50. The van der Waals surface area contributed by atoms with Crippen LogP contribution in [0.15, 0.2) is 59.8 Å². The molecule has 3 heteroatoms. The van der Waals surface area contributed by atoms with Crippen LogP contribution in [0.1, 0.15) is 39.2 Å². The van der Waals surface area contributed by atoms with Crippen molar-refractivity contribution in [3.05, 3.63) is 65.3 Å². The molecule has 0 aliphatic carbocycles. The number of rotatable bonds is 4. The lowest BCUT2D eigenvalue weighted by molar-refractivity contribution is 0.438. The van der Waals surface area contributed by atoms with Crippen molar-refractivity contribution in [2.75, 3.05) is 0 Å². The van der Waals surface area contributed by atoms with E-state index in [9.17, 15) is 4.79 Å². The van der Waals surface area contributed by atoms with Gasteiger partial charge in [0.15, 0.2) is 0 Å². The fraction of sp³-hybridized carbons (Fsp3) is 0.333. The molecule has 0 spiro atoms. The topological polar surface area (TPSA) is 34.9 Å². The Morgan fingerprint density at radius 1 is 1.14 bits per heavy atom. The normalized spacial score (nSPS) is 11.9. The lowest BCUT2D eigenvalue weighted by Crippen LogP contribution is -2.23. The van der Waals surface area contributed by atoms with Crippen molar-refractivity contribution in [1.29, 1.82) is 0 Å². The first-order valence-corrected chi connectivity index (χ1v) is 7.56. The average molecular weight is 282 g/mol. The third-order valence-electron chi connectivity index (χ3n) is 3.66. The average Bonchev–Trinajstić information content (AvgIpc) is 2.51. The third kappa shape index (κ3) is 3.69. The molecule has 0 aliphatic heterocycles. The molecule has 0 fully saturated rings. The van der Waals surface area contributed by atoms with E-state index in [0.717, 1.165) is 24.6 Å². The van der Waals surface area contributed by atoms with E-state index < -0.39 is 0 Å². The number of hydrogen-bond acceptors (Lipinski definition) is 2. The molecule has 3 nitrogen and oxygen atoms in total. The first kappa shape index (κ1) is 15.2. The zero-order valence-corrected chi connectivity index (χ0v) is 12.7. The van der Waals surface area contributed by atoms with Gasteiger partial charge in [0.05, 0.1) is 0 Å². The predicted molar refractivity (Wildman–Crippen MR) is 87.9 cm³/mol. The molecule has 0 amide bonds. The monoisotopic (exact) mass is 282 g/mol. The summed E-state index contributed by atoms with van der Waals surface area (Å²) < 4.78 is 1.87. The Balaban J connectivity index is 2.69. The summed E-state index contributed by atoms with van der Waals surface area (Å²) in [7, 11) is 0. The number of aromatic nitrogens is 2. The molecular formula is C18H22N2O. The highest BCUT2D eigenvalue weighted by Gasteiger charge is 2.10. The highest BCUT2D eigenvalue weighted by molar-refractivity contribution is 5.79. The fourth-order valence-corrected chi connectivity index (χ4v) is 2.52. The van der Waals surface area contributed by atoms with Gasteiger partial charge < -0.3 is 4.57 Å². The first-order valence-electron chi connectivity index (χ1n) is 7.56. The number of fused-ring (bicyclic) bond motifs is 1. The van der Waals surface area contributed by atoms with Crippen molar-refractivity contribution in [2.24, 2.45) is 0 Å². The zero-order valence-electron chi connectivity index (χ0n) is 12.7. The van der Waals surface area contributed by atoms with E-state index in [1.165, 1.54) is 0 Å². The van der Waals surface area contributed by atoms with Crippen LogP contribution < -0.4 is 5.56 Å². The summed E-state index contributed by atoms with van der Waals surface area (Å²) in [6, 6.07) is 11.7. The second kappa shape index (κ2) is 7.58. The molecule has 0 radical (unpaired) electrons. The van der Waals surface area contributed by atoms with E-state index in [1.54, 1.807) is 12.4 Å². The summed E-state index contributed by atoms with van der Waals surface area (Å²) in [6.45, 7) is 4.28. The Labute approximate surface area is 125 Å². The smallest absolute Gasteiger partial charge is 0.258 e. The van der Waals surface area contributed by atoms with Crippen LogP contribution in [0.4, 0.5) is 0 Å². The Bertz CT molecular complexity index is 705. The molecule has 2 aromatic heterocycles. The molecule has 2 heterocycles. The summed E-state index contributed by atoms with van der Waals surface area (Å²) in [5.74, 6) is 0.